The zero-order chi connectivity index (χ0) is 17.0. The number of rotatable bonds is 6. The summed E-state index contributed by atoms with van der Waals surface area (Å²) in [6.07, 6.45) is -1.14. The SMILES string of the molecule is COc1ccccc1OC(CO)C(O)C1=CC(=O)C(=O)C=C1O. The zero-order valence-corrected chi connectivity index (χ0v) is 12.3. The highest BCUT2D eigenvalue weighted by Gasteiger charge is 2.31. The summed E-state index contributed by atoms with van der Waals surface area (Å²) in [6.45, 7) is -0.591. The highest BCUT2D eigenvalue weighted by Crippen LogP contribution is 2.29. The molecule has 7 nitrogen and oxygen atoms in total. The van der Waals surface area contributed by atoms with Gasteiger partial charge >= 0.3 is 0 Å². The van der Waals surface area contributed by atoms with Crippen molar-refractivity contribution in [2.75, 3.05) is 13.7 Å². The van der Waals surface area contributed by atoms with E-state index in [0.29, 0.717) is 5.75 Å². The molecule has 7 heteroatoms. The van der Waals surface area contributed by atoms with Gasteiger partial charge in [0.1, 0.15) is 11.9 Å². The molecule has 2 atom stereocenters. The monoisotopic (exact) mass is 320 g/mol. The second-order valence-electron chi connectivity index (χ2n) is 4.79. The summed E-state index contributed by atoms with van der Waals surface area (Å²) < 4.78 is 10.6. The number of carbonyl (C=O) groups is 2. The molecule has 122 valence electrons. The number of ketones is 2. The van der Waals surface area contributed by atoms with Crippen LogP contribution in [0.1, 0.15) is 0 Å². The average Bonchev–Trinajstić information content (AvgIpc) is 2.55. The van der Waals surface area contributed by atoms with Gasteiger partial charge in [0.25, 0.3) is 0 Å². The predicted octanol–water partition coefficient (Wildman–Crippen LogP) is 0.316. The van der Waals surface area contributed by atoms with Gasteiger partial charge < -0.3 is 24.8 Å². The van der Waals surface area contributed by atoms with Gasteiger partial charge in [0.05, 0.1) is 13.7 Å². The molecule has 0 spiro atoms. The summed E-state index contributed by atoms with van der Waals surface area (Å²) in [7, 11) is 1.44. The standard InChI is InChI=1S/C16H16O7/c1-22-13-4-2-3-5-14(13)23-15(8-17)16(21)9-6-11(19)12(20)7-10(9)18/h2-7,15-18,21H,8H2,1H3. The zero-order valence-electron chi connectivity index (χ0n) is 12.3. The third-order valence-corrected chi connectivity index (χ3v) is 3.29. The highest BCUT2D eigenvalue weighted by molar-refractivity contribution is 6.46. The molecule has 0 saturated carbocycles. The van der Waals surface area contributed by atoms with Crippen LogP contribution < -0.4 is 9.47 Å². The van der Waals surface area contributed by atoms with Crippen LogP contribution in [0.2, 0.25) is 0 Å². The van der Waals surface area contributed by atoms with E-state index in [2.05, 4.69) is 0 Å². The summed E-state index contributed by atoms with van der Waals surface area (Å²) in [5.41, 5.74) is -0.191. The van der Waals surface area contributed by atoms with Crippen LogP contribution >= 0.6 is 0 Å². The van der Waals surface area contributed by atoms with Crippen molar-refractivity contribution in [2.45, 2.75) is 12.2 Å². The van der Waals surface area contributed by atoms with Crippen molar-refractivity contribution in [1.29, 1.82) is 0 Å². The normalized spacial score (nSPS) is 17.2. The van der Waals surface area contributed by atoms with Crippen molar-refractivity contribution in [3.63, 3.8) is 0 Å². The number of ether oxygens (including phenoxy) is 2. The van der Waals surface area contributed by atoms with E-state index in [0.717, 1.165) is 12.2 Å². The molecule has 0 radical (unpaired) electrons. The van der Waals surface area contributed by atoms with Crippen LogP contribution in [0.5, 0.6) is 11.5 Å². The predicted molar refractivity (Wildman–Crippen MR) is 79.3 cm³/mol. The van der Waals surface area contributed by atoms with Crippen LogP contribution in [0.15, 0.2) is 47.7 Å². The fourth-order valence-electron chi connectivity index (χ4n) is 2.08. The molecule has 1 aromatic rings. The lowest BCUT2D eigenvalue weighted by molar-refractivity contribution is -0.131. The highest BCUT2D eigenvalue weighted by atomic mass is 16.5. The van der Waals surface area contributed by atoms with E-state index in [1.165, 1.54) is 7.11 Å². The van der Waals surface area contributed by atoms with Crippen LogP contribution in [0.25, 0.3) is 0 Å². The molecule has 23 heavy (non-hydrogen) atoms. The maximum atomic E-state index is 11.4. The third kappa shape index (κ3) is 3.58. The molecule has 1 aliphatic rings. The Bertz CT molecular complexity index is 675. The first-order chi connectivity index (χ1) is 11.0. The van der Waals surface area contributed by atoms with E-state index >= 15 is 0 Å². The first-order valence-electron chi connectivity index (χ1n) is 6.77. The molecule has 0 saturated heterocycles. The summed E-state index contributed by atoms with van der Waals surface area (Å²) >= 11 is 0. The molecule has 1 aliphatic carbocycles. The second kappa shape index (κ2) is 7.08. The van der Waals surface area contributed by atoms with E-state index < -0.39 is 36.1 Å². The van der Waals surface area contributed by atoms with Crippen LogP contribution in [0, 0.1) is 0 Å². The summed E-state index contributed by atoms with van der Waals surface area (Å²) in [5.74, 6) is -1.63. The van der Waals surface area contributed by atoms with Gasteiger partial charge in [-0.25, -0.2) is 0 Å². The van der Waals surface area contributed by atoms with Crippen molar-refractivity contribution in [3.05, 3.63) is 47.7 Å². The molecule has 0 aromatic heterocycles. The van der Waals surface area contributed by atoms with Gasteiger partial charge in [0.2, 0.25) is 11.6 Å². The molecule has 2 unspecified atom stereocenters. The van der Waals surface area contributed by atoms with Crippen molar-refractivity contribution in [3.8, 4) is 11.5 Å². The van der Waals surface area contributed by atoms with E-state index in [1.54, 1.807) is 24.3 Å². The molecule has 0 heterocycles. The average molecular weight is 320 g/mol. The van der Waals surface area contributed by atoms with Gasteiger partial charge in [-0.2, -0.15) is 0 Å². The van der Waals surface area contributed by atoms with Gasteiger partial charge in [0.15, 0.2) is 17.6 Å². The molecule has 0 aliphatic heterocycles. The van der Waals surface area contributed by atoms with Crippen LogP contribution in [-0.4, -0.2) is 52.8 Å². The minimum absolute atomic E-state index is 0.191. The Morgan fingerprint density at radius 2 is 1.70 bits per heavy atom. The minimum Gasteiger partial charge on any atom is -0.507 e. The number of methoxy groups -OCH3 is 1. The van der Waals surface area contributed by atoms with E-state index in [1.807, 2.05) is 0 Å². The minimum atomic E-state index is -1.52. The van der Waals surface area contributed by atoms with E-state index in [9.17, 15) is 24.9 Å². The molecule has 0 fully saturated rings. The Kier molecular flexibility index (Phi) is 5.15. The molecule has 2 rings (SSSR count). The summed E-state index contributed by atoms with van der Waals surface area (Å²) in [5, 5.41) is 29.5. The summed E-state index contributed by atoms with van der Waals surface area (Å²) in [6, 6.07) is 6.61. The van der Waals surface area contributed by atoms with Crippen molar-refractivity contribution in [2.24, 2.45) is 0 Å². The van der Waals surface area contributed by atoms with Crippen molar-refractivity contribution < 1.29 is 34.4 Å². The van der Waals surface area contributed by atoms with Crippen LogP contribution in [-0.2, 0) is 9.59 Å². The fourth-order valence-corrected chi connectivity index (χ4v) is 2.08. The fraction of sp³-hybridized carbons (Fsp3) is 0.250. The van der Waals surface area contributed by atoms with Gasteiger partial charge in [-0.05, 0) is 18.2 Å². The van der Waals surface area contributed by atoms with Crippen molar-refractivity contribution in [1.82, 2.24) is 0 Å². The number of para-hydroxylation sites is 2. The number of allylic oxidation sites excluding steroid dienone is 2. The Morgan fingerprint density at radius 1 is 1.09 bits per heavy atom. The Morgan fingerprint density at radius 3 is 2.30 bits per heavy atom. The lowest BCUT2D eigenvalue weighted by Gasteiger charge is -2.25. The van der Waals surface area contributed by atoms with Crippen molar-refractivity contribution >= 4 is 11.6 Å². The van der Waals surface area contributed by atoms with Gasteiger partial charge in [-0.3, -0.25) is 9.59 Å². The molecule has 0 bridgehead atoms. The molecule has 1 aromatic carbocycles. The molecular weight excluding hydrogens is 304 g/mol. The second-order valence-corrected chi connectivity index (χ2v) is 4.79. The maximum absolute atomic E-state index is 11.4. The van der Waals surface area contributed by atoms with Gasteiger partial charge in [0, 0.05) is 11.6 Å². The smallest absolute Gasteiger partial charge is 0.229 e. The largest absolute Gasteiger partial charge is 0.507 e. The number of benzene rings is 1. The third-order valence-electron chi connectivity index (χ3n) is 3.29. The lowest BCUT2D eigenvalue weighted by Crippen LogP contribution is -2.38. The Balaban J connectivity index is 2.24. The Labute approximate surface area is 132 Å². The van der Waals surface area contributed by atoms with Gasteiger partial charge in [-0.15, -0.1) is 0 Å². The van der Waals surface area contributed by atoms with E-state index in [-0.39, 0.29) is 11.3 Å². The Hall–Kier alpha value is -2.64. The molecule has 0 amide bonds. The first-order valence-corrected chi connectivity index (χ1v) is 6.77. The van der Waals surface area contributed by atoms with Gasteiger partial charge in [-0.1, -0.05) is 12.1 Å². The molecule has 3 N–H and O–H groups in total. The number of hydrogen-bond acceptors (Lipinski definition) is 7. The lowest BCUT2D eigenvalue weighted by atomic mass is 9.95. The van der Waals surface area contributed by atoms with Crippen LogP contribution in [0.3, 0.4) is 0 Å². The number of carbonyl (C=O) groups excluding carboxylic acids is 2. The summed E-state index contributed by atoms with van der Waals surface area (Å²) in [4.78, 5) is 22.6. The topological polar surface area (TPSA) is 113 Å². The van der Waals surface area contributed by atoms with Crippen LogP contribution in [0.4, 0.5) is 0 Å². The maximum Gasteiger partial charge on any atom is 0.229 e. The quantitative estimate of drug-likeness (QED) is 0.511. The number of aliphatic hydroxyl groups excluding tert-OH is 3. The van der Waals surface area contributed by atoms with E-state index in [4.69, 9.17) is 9.47 Å². The number of aliphatic hydroxyl groups is 3. The molecular formula is C16H16O7. The first kappa shape index (κ1) is 16.7. The number of hydrogen-bond donors (Lipinski definition) is 3.